The lowest BCUT2D eigenvalue weighted by molar-refractivity contribution is -0.140. The predicted molar refractivity (Wildman–Crippen MR) is 81.7 cm³/mol. The number of rotatable bonds is 4. The summed E-state index contributed by atoms with van der Waals surface area (Å²) in [6, 6.07) is 9.72. The van der Waals surface area contributed by atoms with Crippen molar-refractivity contribution in [2.45, 2.75) is 39.0 Å². The molecule has 0 atom stereocenters. The van der Waals surface area contributed by atoms with Gasteiger partial charge in [0.1, 0.15) is 5.75 Å². The average molecular weight is 283 g/mol. The highest BCUT2D eigenvalue weighted by Crippen LogP contribution is 2.30. The van der Waals surface area contributed by atoms with Crippen LogP contribution in [0.1, 0.15) is 38.2 Å². The first kappa shape index (κ1) is 15.3. The van der Waals surface area contributed by atoms with Crippen molar-refractivity contribution in [1.82, 2.24) is 0 Å². The molecule has 1 aromatic carbocycles. The Labute approximate surface area is 126 Å². The van der Waals surface area contributed by atoms with Gasteiger partial charge in [-0.2, -0.15) is 5.26 Å². The highest BCUT2D eigenvalue weighted by Gasteiger charge is 2.26. The number of hydrogen-bond donors (Lipinski definition) is 0. The molecule has 1 aliphatic carbocycles. The van der Waals surface area contributed by atoms with Crippen LogP contribution in [0.15, 0.2) is 36.4 Å². The molecule has 0 heterocycles. The van der Waals surface area contributed by atoms with E-state index in [2.05, 4.69) is 6.92 Å². The first-order valence-corrected chi connectivity index (χ1v) is 7.60. The van der Waals surface area contributed by atoms with Gasteiger partial charge in [-0.3, -0.25) is 4.79 Å². The molecule has 1 aliphatic rings. The molecule has 3 nitrogen and oxygen atoms in total. The van der Waals surface area contributed by atoms with Gasteiger partial charge in [-0.05, 0) is 55.7 Å². The molecular formula is C18H21NO2. The van der Waals surface area contributed by atoms with Crippen molar-refractivity contribution in [3.8, 4) is 11.8 Å². The van der Waals surface area contributed by atoms with Crippen molar-refractivity contribution < 1.29 is 9.53 Å². The minimum Gasteiger partial charge on any atom is -0.426 e. The Kier molecular flexibility index (Phi) is 5.57. The molecule has 0 unspecified atom stereocenters. The van der Waals surface area contributed by atoms with Gasteiger partial charge in [-0.15, -0.1) is 0 Å². The smallest absolute Gasteiger partial charge is 0.314 e. The van der Waals surface area contributed by atoms with Crippen LogP contribution in [-0.2, 0) is 11.2 Å². The van der Waals surface area contributed by atoms with E-state index in [1.807, 2.05) is 36.4 Å². The van der Waals surface area contributed by atoms with Crippen LogP contribution in [-0.4, -0.2) is 5.97 Å². The zero-order valence-corrected chi connectivity index (χ0v) is 12.4. The third-order valence-electron chi connectivity index (χ3n) is 4.10. The van der Waals surface area contributed by atoms with Crippen molar-refractivity contribution >= 4 is 5.97 Å². The number of aryl methyl sites for hydroxylation is 1. The minimum absolute atomic E-state index is 0.0115. The summed E-state index contributed by atoms with van der Waals surface area (Å²) in [4.78, 5) is 12.2. The molecule has 1 saturated carbocycles. The van der Waals surface area contributed by atoms with E-state index in [1.165, 1.54) is 5.56 Å². The first-order valence-electron chi connectivity index (χ1n) is 7.60. The summed E-state index contributed by atoms with van der Waals surface area (Å²) in [5, 5.41) is 8.53. The number of ether oxygens (including phenoxy) is 1. The molecule has 3 heteroatoms. The zero-order chi connectivity index (χ0) is 15.1. The molecule has 21 heavy (non-hydrogen) atoms. The van der Waals surface area contributed by atoms with Crippen molar-refractivity contribution in [3.63, 3.8) is 0 Å². The average Bonchev–Trinajstić information content (AvgIpc) is 2.54. The Balaban J connectivity index is 1.84. The van der Waals surface area contributed by atoms with Crippen molar-refractivity contribution in [1.29, 1.82) is 5.26 Å². The Morgan fingerprint density at radius 3 is 2.52 bits per heavy atom. The van der Waals surface area contributed by atoms with Gasteiger partial charge in [0.2, 0.25) is 0 Å². The van der Waals surface area contributed by atoms with E-state index in [0.29, 0.717) is 11.7 Å². The summed E-state index contributed by atoms with van der Waals surface area (Å²) in [5.74, 6) is 0.922. The molecule has 1 aromatic rings. The maximum atomic E-state index is 12.2. The maximum absolute atomic E-state index is 12.2. The number of nitrogens with zero attached hydrogens (tertiary/aromatic N) is 1. The van der Waals surface area contributed by atoms with E-state index < -0.39 is 0 Å². The third kappa shape index (κ3) is 4.46. The van der Waals surface area contributed by atoms with Crippen molar-refractivity contribution in [3.05, 3.63) is 42.0 Å². The van der Waals surface area contributed by atoms with Crippen molar-refractivity contribution in [2.75, 3.05) is 0 Å². The van der Waals surface area contributed by atoms with Crippen LogP contribution in [0.25, 0.3) is 0 Å². The van der Waals surface area contributed by atoms with E-state index in [9.17, 15) is 4.79 Å². The Morgan fingerprint density at radius 2 is 1.95 bits per heavy atom. The second kappa shape index (κ2) is 7.64. The highest BCUT2D eigenvalue weighted by molar-refractivity contribution is 5.75. The van der Waals surface area contributed by atoms with Gasteiger partial charge >= 0.3 is 5.97 Å². The fraction of sp³-hybridized carbons (Fsp3) is 0.444. The molecular weight excluding hydrogens is 262 g/mol. The Hall–Kier alpha value is -2.08. The molecule has 1 fully saturated rings. The summed E-state index contributed by atoms with van der Waals surface area (Å²) >= 11 is 0. The molecule has 0 aliphatic heterocycles. The third-order valence-corrected chi connectivity index (χ3v) is 4.10. The molecule has 0 bridgehead atoms. The summed E-state index contributed by atoms with van der Waals surface area (Å²) in [6.07, 6.45) is 8.05. The van der Waals surface area contributed by atoms with Crippen LogP contribution in [0, 0.1) is 23.2 Å². The largest absolute Gasteiger partial charge is 0.426 e. The fourth-order valence-electron chi connectivity index (χ4n) is 2.72. The molecule has 0 amide bonds. The van der Waals surface area contributed by atoms with Gasteiger partial charge in [0.05, 0.1) is 12.0 Å². The summed E-state index contributed by atoms with van der Waals surface area (Å²) in [7, 11) is 0. The molecule has 0 aromatic heterocycles. The van der Waals surface area contributed by atoms with Crippen LogP contribution < -0.4 is 4.74 Å². The number of carbonyl (C=O) groups is 1. The van der Waals surface area contributed by atoms with Gasteiger partial charge < -0.3 is 4.74 Å². The lowest BCUT2D eigenvalue weighted by Gasteiger charge is -2.25. The first-order chi connectivity index (χ1) is 10.2. The van der Waals surface area contributed by atoms with Gasteiger partial charge in [0.25, 0.3) is 0 Å². The predicted octanol–water partition coefficient (Wildman–Crippen LogP) is 4.04. The molecule has 2 rings (SSSR count). The number of hydrogen-bond acceptors (Lipinski definition) is 3. The van der Waals surface area contributed by atoms with Crippen LogP contribution in [0.3, 0.4) is 0 Å². The second-order valence-corrected chi connectivity index (χ2v) is 5.52. The monoisotopic (exact) mass is 283 g/mol. The normalized spacial score (nSPS) is 21.9. The highest BCUT2D eigenvalue weighted by atomic mass is 16.5. The topological polar surface area (TPSA) is 50.1 Å². The SMILES string of the molecule is CCc1ccc(OC(=O)C2CCC(C=CC#N)CC2)cc1. The van der Waals surface area contributed by atoms with Crippen LogP contribution in [0.2, 0.25) is 0 Å². The number of benzene rings is 1. The zero-order valence-electron chi connectivity index (χ0n) is 12.4. The summed E-state index contributed by atoms with van der Waals surface area (Å²) in [6.45, 7) is 2.10. The molecule has 0 radical (unpaired) electrons. The second-order valence-electron chi connectivity index (χ2n) is 5.52. The number of nitriles is 1. The lowest BCUT2D eigenvalue weighted by Crippen LogP contribution is -2.25. The summed E-state index contributed by atoms with van der Waals surface area (Å²) < 4.78 is 5.46. The Bertz CT molecular complexity index is 531. The van der Waals surface area contributed by atoms with Crippen LogP contribution >= 0.6 is 0 Å². The van der Waals surface area contributed by atoms with E-state index in [4.69, 9.17) is 10.00 Å². The summed E-state index contributed by atoms with van der Waals surface area (Å²) in [5.41, 5.74) is 1.24. The standard InChI is InChI=1S/C18H21NO2/c1-2-14-7-11-17(12-8-14)21-18(20)16-9-5-15(6-10-16)4-3-13-19/h3-4,7-8,11-12,15-16H,2,5-6,9-10H2,1H3. The van der Waals surface area contributed by atoms with E-state index >= 15 is 0 Å². The van der Waals surface area contributed by atoms with Gasteiger partial charge in [-0.25, -0.2) is 0 Å². The van der Waals surface area contributed by atoms with Crippen molar-refractivity contribution in [2.24, 2.45) is 11.8 Å². The number of carbonyl (C=O) groups excluding carboxylic acids is 1. The van der Waals surface area contributed by atoms with Gasteiger partial charge in [-0.1, -0.05) is 25.1 Å². The van der Waals surface area contributed by atoms with Crippen LogP contribution in [0.4, 0.5) is 0 Å². The minimum atomic E-state index is -0.123. The number of allylic oxidation sites excluding steroid dienone is 2. The molecule has 110 valence electrons. The Morgan fingerprint density at radius 1 is 1.29 bits per heavy atom. The molecule has 0 N–H and O–H groups in total. The van der Waals surface area contributed by atoms with Gasteiger partial charge in [0, 0.05) is 6.08 Å². The van der Waals surface area contributed by atoms with Crippen LogP contribution in [0.5, 0.6) is 5.75 Å². The van der Waals surface area contributed by atoms with Gasteiger partial charge in [0.15, 0.2) is 0 Å². The maximum Gasteiger partial charge on any atom is 0.314 e. The molecule has 0 saturated heterocycles. The van der Waals surface area contributed by atoms with E-state index in [0.717, 1.165) is 32.1 Å². The molecule has 0 spiro atoms. The lowest BCUT2D eigenvalue weighted by atomic mass is 9.82. The van der Waals surface area contributed by atoms with E-state index in [1.54, 1.807) is 6.08 Å². The fourth-order valence-corrected chi connectivity index (χ4v) is 2.72. The number of esters is 1. The van der Waals surface area contributed by atoms with E-state index in [-0.39, 0.29) is 11.9 Å². The quantitative estimate of drug-likeness (QED) is 0.476.